The van der Waals surface area contributed by atoms with Crippen LogP contribution in [0, 0.1) is 23.0 Å². The molecule has 3 atom stereocenters. The fraction of sp³-hybridized carbons (Fsp3) is 0.389. The van der Waals surface area contributed by atoms with Crippen LogP contribution in [0.3, 0.4) is 0 Å². The van der Waals surface area contributed by atoms with Gasteiger partial charge in [-0.3, -0.25) is 9.63 Å². The maximum Gasteiger partial charge on any atom is 0.407 e. The summed E-state index contributed by atoms with van der Waals surface area (Å²) in [5.74, 6) is -1.12. The van der Waals surface area contributed by atoms with Gasteiger partial charge in [-0.1, -0.05) is 84.5 Å². The summed E-state index contributed by atoms with van der Waals surface area (Å²) in [5, 5.41) is 22.2. The topological polar surface area (TPSA) is 172 Å². The first-order valence-electron chi connectivity index (χ1n) is 24.9. The van der Waals surface area contributed by atoms with Gasteiger partial charge in [-0.15, -0.1) is 0 Å². The Morgan fingerprint density at radius 1 is 1.00 bits per heavy atom. The summed E-state index contributed by atoms with van der Waals surface area (Å²) >= 11 is 7.87. The van der Waals surface area contributed by atoms with Gasteiger partial charge in [0.25, 0.3) is 5.91 Å². The molecule has 75 heavy (non-hydrogen) atoms. The average Bonchev–Trinajstić information content (AvgIpc) is 4.05. The Bertz CT molecular complexity index is 3040. The highest BCUT2D eigenvalue weighted by Gasteiger charge is 2.50. The van der Waals surface area contributed by atoms with Crippen LogP contribution in [-0.2, 0) is 32.2 Å². The summed E-state index contributed by atoms with van der Waals surface area (Å²) in [6.07, 6.45) is 2.44. The van der Waals surface area contributed by atoms with Crippen LogP contribution in [0.15, 0.2) is 102 Å². The highest BCUT2D eigenvalue weighted by Crippen LogP contribution is 2.51. The Balaban J connectivity index is 0.846. The summed E-state index contributed by atoms with van der Waals surface area (Å²) < 4.78 is 41.4. The highest BCUT2D eigenvalue weighted by atomic mass is 35.5. The third-order valence-electron chi connectivity index (χ3n) is 14.2. The second-order valence-electron chi connectivity index (χ2n) is 18.9. The smallest absolute Gasteiger partial charge is 0.407 e. The summed E-state index contributed by atoms with van der Waals surface area (Å²) in [5.41, 5.74) is 3.40. The fourth-order valence-electron chi connectivity index (χ4n) is 10.2. The van der Waals surface area contributed by atoms with E-state index in [9.17, 15) is 24.0 Å². The number of anilines is 2. The number of benzene rings is 4. The zero-order valence-electron chi connectivity index (χ0n) is 42.0. The monoisotopic (exact) mass is 1060 g/mol. The number of urea groups is 1. The number of thioether (sulfide) groups is 1. The number of alkyl carbamates (subject to hydrolysis) is 1. The Hall–Kier alpha value is -7.05. The molecule has 1 N–H and O–H groups in total. The van der Waals surface area contributed by atoms with Gasteiger partial charge < -0.3 is 34.4 Å². The van der Waals surface area contributed by atoms with Crippen molar-refractivity contribution in [1.82, 2.24) is 35.2 Å². The summed E-state index contributed by atoms with van der Waals surface area (Å²) in [7, 11) is 4.82. The lowest BCUT2D eigenvalue weighted by molar-refractivity contribution is -0.130. The molecule has 0 unspecified atom stereocenters. The minimum Gasteiger partial charge on any atom is -0.462 e. The number of piperazine rings is 1. The lowest BCUT2D eigenvalue weighted by Crippen LogP contribution is -2.56. The van der Waals surface area contributed by atoms with Crippen molar-refractivity contribution >= 4 is 68.7 Å². The Morgan fingerprint density at radius 3 is 2.56 bits per heavy atom. The lowest BCUT2D eigenvalue weighted by Gasteiger charge is -2.42. The number of rotatable bonds is 16. The number of likely N-dealkylation sites (N-methyl/N-ethyl adjacent to an activating group) is 1. The second-order valence-corrected chi connectivity index (χ2v) is 20.5. The SMILES string of the molecule is C=C(COC(=O)NCCC[C@@]1(c2ccccc2)SC(c2cc(F)ccc2F)=NN1C(=O)N(C)OC)C(=O)N1CCN(c2nc(OC[C@@H]3CCCN3C)nc3c2CCN(c2cccc4cccc(Cl)c24)C3)C[C@@H]1CC#N. The number of nitrogens with zero attached hydrogens (tertiary/aromatic N) is 10. The van der Waals surface area contributed by atoms with Gasteiger partial charge in [-0.05, 0) is 87.0 Å². The van der Waals surface area contributed by atoms with Gasteiger partial charge in [-0.25, -0.2) is 23.4 Å². The summed E-state index contributed by atoms with van der Waals surface area (Å²) in [6, 6.07) is 25.7. The van der Waals surface area contributed by atoms with E-state index < -0.39 is 47.2 Å². The van der Waals surface area contributed by atoms with Crippen molar-refractivity contribution in [1.29, 1.82) is 5.26 Å². The van der Waals surface area contributed by atoms with Gasteiger partial charge >= 0.3 is 18.1 Å². The lowest BCUT2D eigenvalue weighted by atomic mass is 10.0. The van der Waals surface area contributed by atoms with Crippen LogP contribution in [0.5, 0.6) is 6.01 Å². The molecular weight excluding hydrogens is 1000 g/mol. The summed E-state index contributed by atoms with van der Waals surface area (Å²) in [6.45, 7) is 7.21. The van der Waals surface area contributed by atoms with E-state index in [0.717, 1.165) is 87.9 Å². The number of hydrazone groups is 1. The maximum atomic E-state index is 15.1. The van der Waals surface area contributed by atoms with E-state index in [1.54, 1.807) is 29.2 Å². The third kappa shape index (κ3) is 11.3. The van der Waals surface area contributed by atoms with Crippen molar-refractivity contribution in [3.8, 4) is 12.1 Å². The predicted octanol–water partition coefficient (Wildman–Crippen LogP) is 8.47. The second kappa shape index (κ2) is 23.2. The molecule has 5 aromatic rings. The normalized spacial score (nSPS) is 19.6. The maximum absolute atomic E-state index is 15.1. The fourth-order valence-corrected chi connectivity index (χ4v) is 11.9. The number of nitrogens with one attached hydrogen (secondary N) is 1. The van der Waals surface area contributed by atoms with Crippen LogP contribution < -0.4 is 19.9 Å². The van der Waals surface area contributed by atoms with Gasteiger partial charge in [0.15, 0.2) is 0 Å². The molecule has 4 aliphatic rings. The van der Waals surface area contributed by atoms with E-state index >= 15 is 4.39 Å². The van der Waals surface area contributed by atoms with E-state index in [-0.39, 0.29) is 60.6 Å². The number of carbonyl (C=O) groups excluding carboxylic acids is 3. The molecule has 4 aromatic carbocycles. The molecule has 2 fully saturated rings. The van der Waals surface area contributed by atoms with Crippen LogP contribution in [-0.4, -0.2) is 139 Å². The molecular formula is C54H58ClF2N11O6S. The Morgan fingerprint density at radius 2 is 1.80 bits per heavy atom. The Labute approximate surface area is 443 Å². The molecule has 1 aromatic heterocycles. The molecule has 17 nitrogen and oxygen atoms in total. The van der Waals surface area contributed by atoms with Gasteiger partial charge in [-0.2, -0.15) is 25.3 Å². The van der Waals surface area contributed by atoms with Gasteiger partial charge in [0.05, 0.1) is 42.9 Å². The number of halogens is 3. The first kappa shape index (κ1) is 52.8. The number of carbonyl (C=O) groups is 3. The number of fused-ring (bicyclic) bond motifs is 2. The van der Waals surface area contributed by atoms with Gasteiger partial charge in [0.2, 0.25) is 0 Å². The Kier molecular flexibility index (Phi) is 16.4. The van der Waals surface area contributed by atoms with Crippen LogP contribution in [0.2, 0.25) is 5.02 Å². The average molecular weight is 1060 g/mol. The summed E-state index contributed by atoms with van der Waals surface area (Å²) in [4.78, 5) is 63.3. The number of likely N-dealkylation sites (tertiary alicyclic amines) is 1. The first-order chi connectivity index (χ1) is 36.3. The van der Waals surface area contributed by atoms with Gasteiger partial charge in [0.1, 0.15) is 40.6 Å². The molecule has 21 heteroatoms. The van der Waals surface area contributed by atoms with E-state index in [2.05, 4.69) is 63.0 Å². The van der Waals surface area contributed by atoms with Crippen LogP contribution in [0.4, 0.5) is 29.9 Å². The molecule has 4 amide bonds. The van der Waals surface area contributed by atoms with E-state index in [0.29, 0.717) is 49.8 Å². The van der Waals surface area contributed by atoms with E-state index in [4.69, 9.17) is 35.9 Å². The predicted molar refractivity (Wildman–Crippen MR) is 283 cm³/mol. The van der Waals surface area contributed by atoms with Gasteiger partial charge in [0, 0.05) is 73.6 Å². The van der Waals surface area contributed by atoms with Crippen molar-refractivity contribution in [3.05, 3.63) is 136 Å². The number of nitriles is 1. The molecule has 0 saturated carbocycles. The molecule has 0 aliphatic carbocycles. The molecule has 2 saturated heterocycles. The number of hydrogen-bond acceptors (Lipinski definition) is 14. The van der Waals surface area contributed by atoms with E-state index in [1.165, 1.54) is 19.2 Å². The van der Waals surface area contributed by atoms with Crippen molar-refractivity contribution < 1.29 is 37.5 Å². The number of amides is 4. The van der Waals surface area contributed by atoms with Crippen molar-refractivity contribution in [2.45, 2.75) is 62.0 Å². The molecule has 0 spiro atoms. The minimum absolute atomic E-state index is 0.0261. The largest absolute Gasteiger partial charge is 0.462 e. The quantitative estimate of drug-likeness (QED) is 0.0567. The zero-order valence-corrected chi connectivity index (χ0v) is 43.6. The number of hydroxylamine groups is 2. The zero-order chi connectivity index (χ0) is 52.8. The van der Waals surface area contributed by atoms with E-state index in [1.807, 2.05) is 24.3 Å². The van der Waals surface area contributed by atoms with Crippen LogP contribution >= 0.6 is 23.4 Å². The molecule has 0 radical (unpaired) electrons. The van der Waals surface area contributed by atoms with Crippen molar-refractivity contribution in [2.75, 3.05) is 83.5 Å². The number of ether oxygens (including phenoxy) is 2. The molecule has 4 aliphatic heterocycles. The third-order valence-corrected chi connectivity index (χ3v) is 16.0. The molecule has 392 valence electrons. The standard InChI is InChI=1S/C54H58ClF2N11O6S/c1-35(33-74-52(70)59-25-11-23-54(37-14-6-5-7-15-37)68(53(71)64(3)72-4)62-49(75-54)42-30-38(56)19-20-44(42)57)50(69)67-29-28-66(31-39(67)21-24-58)48-41-22-27-65(46-18-9-13-36-12-8-17-43(55)47(36)46)32-45(41)60-51(61-48)73-34-40-16-10-26-63(40)2/h5-9,12-15,17-20,30,39-40H,1,10-11,16,21-23,25-29,31-34H2,2-4H3,(H,59,70)/t39-,40-,54-/m0/s1. The first-order valence-corrected chi connectivity index (χ1v) is 26.0. The van der Waals surface area contributed by atoms with Crippen molar-refractivity contribution in [2.24, 2.45) is 5.10 Å². The van der Waals surface area contributed by atoms with Crippen LogP contribution in [0.25, 0.3) is 10.8 Å². The highest BCUT2D eigenvalue weighted by molar-refractivity contribution is 8.15. The van der Waals surface area contributed by atoms with Crippen LogP contribution in [0.1, 0.15) is 54.5 Å². The minimum atomic E-state index is -1.26. The number of hydrogen-bond donors (Lipinski definition) is 1. The molecule has 9 rings (SSSR count). The number of aromatic nitrogens is 2. The molecule has 5 heterocycles. The van der Waals surface area contributed by atoms with Crippen molar-refractivity contribution in [3.63, 3.8) is 0 Å². The molecule has 0 bridgehead atoms.